The van der Waals surface area contributed by atoms with Crippen molar-refractivity contribution in [2.75, 3.05) is 18.9 Å². The Bertz CT molecular complexity index is 213. The Balaban J connectivity index is 2.23. The summed E-state index contributed by atoms with van der Waals surface area (Å²) >= 11 is 3.54. The zero-order chi connectivity index (χ0) is 9.52. The van der Waals surface area contributed by atoms with E-state index in [1.807, 2.05) is 6.07 Å². The van der Waals surface area contributed by atoms with Gasteiger partial charge in [-0.25, -0.2) is 0 Å². The average molecular weight is 217 g/mol. The summed E-state index contributed by atoms with van der Waals surface area (Å²) in [5, 5.41) is 14.3. The molecule has 4 heteroatoms. The van der Waals surface area contributed by atoms with Crippen LogP contribution >= 0.6 is 23.1 Å². The zero-order valence-corrected chi connectivity index (χ0v) is 9.33. The zero-order valence-electron chi connectivity index (χ0n) is 7.69. The molecule has 2 N–H and O–H groups in total. The van der Waals surface area contributed by atoms with Crippen LogP contribution in [0.4, 0.5) is 0 Å². The largest absolute Gasteiger partial charge is 0.395 e. The van der Waals surface area contributed by atoms with Gasteiger partial charge in [0.05, 0.1) is 10.8 Å². The molecule has 1 aromatic heterocycles. The van der Waals surface area contributed by atoms with Crippen molar-refractivity contribution in [3.05, 3.63) is 17.5 Å². The molecule has 0 spiro atoms. The Morgan fingerprint density at radius 3 is 3.08 bits per heavy atom. The SMILES string of the molecule is CCNC(CO)CSc1cccs1. The van der Waals surface area contributed by atoms with Crippen molar-refractivity contribution in [2.45, 2.75) is 17.2 Å². The molecule has 74 valence electrons. The molecule has 1 aromatic rings. The predicted molar refractivity (Wildman–Crippen MR) is 59.6 cm³/mol. The van der Waals surface area contributed by atoms with Crippen molar-refractivity contribution < 1.29 is 5.11 Å². The minimum Gasteiger partial charge on any atom is -0.395 e. The van der Waals surface area contributed by atoms with Crippen LogP contribution in [0.25, 0.3) is 0 Å². The summed E-state index contributed by atoms with van der Waals surface area (Å²) in [6, 6.07) is 4.38. The highest BCUT2D eigenvalue weighted by Crippen LogP contribution is 2.23. The van der Waals surface area contributed by atoms with Crippen LogP contribution in [0.5, 0.6) is 0 Å². The standard InChI is InChI=1S/C9H15NOS2/c1-2-10-8(6-11)7-13-9-4-3-5-12-9/h3-5,8,10-11H,2,6-7H2,1H3. The maximum absolute atomic E-state index is 9.01. The molecule has 0 radical (unpaired) electrons. The lowest BCUT2D eigenvalue weighted by atomic mass is 10.4. The molecule has 0 saturated carbocycles. The Morgan fingerprint density at radius 2 is 2.54 bits per heavy atom. The Kier molecular flexibility index (Phi) is 5.46. The maximum Gasteiger partial charge on any atom is 0.0599 e. The van der Waals surface area contributed by atoms with E-state index in [2.05, 4.69) is 23.7 Å². The third-order valence-electron chi connectivity index (χ3n) is 1.64. The highest BCUT2D eigenvalue weighted by Gasteiger charge is 2.05. The van der Waals surface area contributed by atoms with Crippen LogP contribution in [-0.2, 0) is 0 Å². The fourth-order valence-corrected chi connectivity index (χ4v) is 2.85. The fourth-order valence-electron chi connectivity index (χ4n) is 0.993. The van der Waals surface area contributed by atoms with Gasteiger partial charge in [0.25, 0.3) is 0 Å². The van der Waals surface area contributed by atoms with Crippen molar-refractivity contribution in [1.82, 2.24) is 5.32 Å². The van der Waals surface area contributed by atoms with Crippen molar-refractivity contribution in [3.63, 3.8) is 0 Å². The summed E-state index contributed by atoms with van der Waals surface area (Å²) in [7, 11) is 0. The molecule has 1 heterocycles. The molecule has 1 rings (SSSR count). The van der Waals surface area contributed by atoms with E-state index < -0.39 is 0 Å². The predicted octanol–water partition coefficient (Wildman–Crippen LogP) is 1.81. The number of thiophene rings is 1. The summed E-state index contributed by atoms with van der Waals surface area (Å²) in [5.74, 6) is 0.935. The first kappa shape index (κ1) is 11.0. The molecule has 0 amide bonds. The number of thioether (sulfide) groups is 1. The number of likely N-dealkylation sites (N-methyl/N-ethyl adjacent to an activating group) is 1. The van der Waals surface area contributed by atoms with Gasteiger partial charge >= 0.3 is 0 Å². The highest BCUT2D eigenvalue weighted by molar-refractivity contribution is 8.01. The van der Waals surface area contributed by atoms with Gasteiger partial charge in [0.2, 0.25) is 0 Å². The van der Waals surface area contributed by atoms with Gasteiger partial charge in [-0.05, 0) is 18.0 Å². The van der Waals surface area contributed by atoms with E-state index in [0.717, 1.165) is 12.3 Å². The van der Waals surface area contributed by atoms with Crippen LogP contribution < -0.4 is 5.32 Å². The van der Waals surface area contributed by atoms with E-state index in [4.69, 9.17) is 5.11 Å². The second kappa shape index (κ2) is 6.43. The number of nitrogens with one attached hydrogen (secondary N) is 1. The van der Waals surface area contributed by atoms with Gasteiger partial charge in [0.1, 0.15) is 0 Å². The van der Waals surface area contributed by atoms with Crippen molar-refractivity contribution in [2.24, 2.45) is 0 Å². The molecule has 1 atom stereocenters. The minimum atomic E-state index is 0.214. The van der Waals surface area contributed by atoms with E-state index in [1.165, 1.54) is 4.21 Å². The number of hydrogen-bond donors (Lipinski definition) is 2. The van der Waals surface area contributed by atoms with Gasteiger partial charge in [-0.15, -0.1) is 23.1 Å². The minimum absolute atomic E-state index is 0.214. The summed E-state index contributed by atoms with van der Waals surface area (Å²) in [5.41, 5.74) is 0. The smallest absolute Gasteiger partial charge is 0.0599 e. The lowest BCUT2D eigenvalue weighted by Crippen LogP contribution is -2.34. The first-order valence-corrected chi connectivity index (χ1v) is 6.24. The van der Waals surface area contributed by atoms with Crippen molar-refractivity contribution in [1.29, 1.82) is 0 Å². The second-order valence-corrected chi connectivity index (χ2v) is 4.95. The van der Waals surface area contributed by atoms with Gasteiger partial charge in [0, 0.05) is 11.8 Å². The van der Waals surface area contributed by atoms with Crippen LogP contribution in [0.3, 0.4) is 0 Å². The monoisotopic (exact) mass is 217 g/mol. The lowest BCUT2D eigenvalue weighted by Gasteiger charge is -2.13. The second-order valence-electron chi connectivity index (χ2n) is 2.68. The molecule has 2 nitrogen and oxygen atoms in total. The molecular formula is C9H15NOS2. The molecule has 0 aliphatic heterocycles. The molecule has 0 aliphatic rings. The first-order chi connectivity index (χ1) is 6.36. The summed E-state index contributed by atoms with van der Waals surface area (Å²) in [6.45, 7) is 3.18. The van der Waals surface area contributed by atoms with Gasteiger partial charge in [-0.3, -0.25) is 0 Å². The number of aliphatic hydroxyl groups is 1. The molecule has 0 saturated heterocycles. The Morgan fingerprint density at radius 1 is 1.69 bits per heavy atom. The lowest BCUT2D eigenvalue weighted by molar-refractivity contribution is 0.255. The van der Waals surface area contributed by atoms with Crippen LogP contribution in [0.2, 0.25) is 0 Å². The summed E-state index contributed by atoms with van der Waals surface area (Å²) in [4.78, 5) is 0. The molecule has 1 unspecified atom stereocenters. The third-order valence-corrected chi connectivity index (χ3v) is 3.93. The number of rotatable bonds is 6. The highest BCUT2D eigenvalue weighted by atomic mass is 32.2. The van der Waals surface area contributed by atoms with Gasteiger partial charge in [0.15, 0.2) is 0 Å². The quantitative estimate of drug-likeness (QED) is 0.713. The van der Waals surface area contributed by atoms with E-state index in [0.29, 0.717) is 0 Å². The molecule has 0 aromatic carbocycles. The molecule has 0 aliphatic carbocycles. The first-order valence-electron chi connectivity index (χ1n) is 4.37. The number of hydrogen-bond acceptors (Lipinski definition) is 4. The fraction of sp³-hybridized carbons (Fsp3) is 0.556. The molecule has 0 bridgehead atoms. The van der Waals surface area contributed by atoms with Crippen molar-refractivity contribution in [3.8, 4) is 0 Å². The topological polar surface area (TPSA) is 32.3 Å². The number of aliphatic hydroxyl groups excluding tert-OH is 1. The van der Waals surface area contributed by atoms with Gasteiger partial charge in [-0.1, -0.05) is 13.0 Å². The van der Waals surface area contributed by atoms with E-state index >= 15 is 0 Å². The summed E-state index contributed by atoms with van der Waals surface area (Å²) < 4.78 is 1.32. The molecule has 13 heavy (non-hydrogen) atoms. The van der Waals surface area contributed by atoms with Gasteiger partial charge < -0.3 is 10.4 Å². The molecular weight excluding hydrogens is 202 g/mol. The van der Waals surface area contributed by atoms with Crippen molar-refractivity contribution >= 4 is 23.1 Å². The average Bonchev–Trinajstić information content (AvgIpc) is 2.64. The van der Waals surface area contributed by atoms with Crippen LogP contribution in [0.1, 0.15) is 6.92 Å². The van der Waals surface area contributed by atoms with Crippen LogP contribution in [-0.4, -0.2) is 30.1 Å². The maximum atomic E-state index is 9.01. The van der Waals surface area contributed by atoms with E-state index in [-0.39, 0.29) is 12.6 Å². The Labute approximate surface area is 87.4 Å². The van der Waals surface area contributed by atoms with Gasteiger partial charge in [-0.2, -0.15) is 0 Å². The molecule has 0 fully saturated rings. The van der Waals surface area contributed by atoms with Crippen LogP contribution in [0, 0.1) is 0 Å². The van der Waals surface area contributed by atoms with E-state index in [1.54, 1.807) is 23.1 Å². The summed E-state index contributed by atoms with van der Waals surface area (Å²) in [6.07, 6.45) is 0. The van der Waals surface area contributed by atoms with Crippen LogP contribution in [0.15, 0.2) is 21.7 Å². The third kappa shape index (κ3) is 4.13. The normalized spacial score (nSPS) is 13.1. The van der Waals surface area contributed by atoms with E-state index in [9.17, 15) is 0 Å². The Hall–Kier alpha value is -0.0300.